The highest BCUT2D eigenvalue weighted by atomic mass is 16.5. The molecular weight excluding hydrogens is 276 g/mol. The van der Waals surface area contributed by atoms with Crippen molar-refractivity contribution in [2.75, 3.05) is 18.4 Å². The number of amides is 1. The molecule has 1 N–H and O–H groups in total. The molecule has 1 saturated heterocycles. The van der Waals surface area contributed by atoms with Gasteiger partial charge in [0.1, 0.15) is 0 Å². The van der Waals surface area contributed by atoms with Crippen LogP contribution in [0.4, 0.5) is 5.69 Å². The Morgan fingerprint density at radius 3 is 2.64 bits per heavy atom. The highest BCUT2D eigenvalue weighted by Gasteiger charge is 2.37. The van der Waals surface area contributed by atoms with Gasteiger partial charge in [0, 0.05) is 12.1 Å². The van der Waals surface area contributed by atoms with Crippen molar-refractivity contribution in [2.24, 2.45) is 0 Å². The first-order valence-corrected chi connectivity index (χ1v) is 8.43. The van der Waals surface area contributed by atoms with Gasteiger partial charge in [-0.05, 0) is 44.2 Å². The summed E-state index contributed by atoms with van der Waals surface area (Å²) in [6.07, 6.45) is 4.48. The minimum atomic E-state index is -0.459. The number of hydrogen-bond acceptors (Lipinski definition) is 2. The molecule has 22 heavy (non-hydrogen) atoms. The Morgan fingerprint density at radius 1 is 1.32 bits per heavy atom. The SMILES string of the molecule is CCCC[N+]1([O-])CCCC[C@H]1C(=O)Nc1c(C)cccc1C. The second-order valence-electron chi connectivity index (χ2n) is 6.52. The lowest BCUT2D eigenvalue weighted by atomic mass is 9.99. The lowest BCUT2D eigenvalue weighted by molar-refractivity contribution is -0.901. The minimum Gasteiger partial charge on any atom is -0.632 e. The van der Waals surface area contributed by atoms with Crippen LogP contribution < -0.4 is 5.32 Å². The third-order valence-corrected chi connectivity index (χ3v) is 4.75. The Bertz CT molecular complexity index is 510. The van der Waals surface area contributed by atoms with E-state index >= 15 is 0 Å². The lowest BCUT2D eigenvalue weighted by Gasteiger charge is -2.50. The molecule has 2 atom stereocenters. The molecule has 0 spiro atoms. The van der Waals surface area contributed by atoms with Gasteiger partial charge in [-0.3, -0.25) is 4.79 Å². The molecule has 2 rings (SSSR count). The molecule has 1 fully saturated rings. The van der Waals surface area contributed by atoms with Crippen LogP contribution in [0.1, 0.15) is 50.2 Å². The molecule has 0 aromatic heterocycles. The zero-order chi connectivity index (χ0) is 16.2. The molecule has 1 aliphatic heterocycles. The second kappa shape index (κ2) is 7.25. The molecule has 122 valence electrons. The van der Waals surface area contributed by atoms with Crippen molar-refractivity contribution in [2.45, 2.75) is 58.9 Å². The van der Waals surface area contributed by atoms with Crippen molar-refractivity contribution in [3.8, 4) is 0 Å². The molecule has 0 bridgehead atoms. The maximum atomic E-state index is 13.1. The number of hydrogen-bond donors (Lipinski definition) is 1. The van der Waals surface area contributed by atoms with Crippen LogP contribution in [0.2, 0.25) is 0 Å². The van der Waals surface area contributed by atoms with E-state index in [4.69, 9.17) is 0 Å². The molecule has 0 aliphatic carbocycles. The zero-order valence-corrected chi connectivity index (χ0v) is 14.0. The van der Waals surface area contributed by atoms with E-state index in [0.717, 1.165) is 42.5 Å². The lowest BCUT2D eigenvalue weighted by Crippen LogP contribution is -2.58. The zero-order valence-electron chi connectivity index (χ0n) is 14.0. The van der Waals surface area contributed by atoms with Gasteiger partial charge in [-0.25, -0.2) is 0 Å². The standard InChI is InChI=1S/C18H28N2O2/c1-4-5-12-20(22)13-7-6-11-16(20)18(21)19-17-14(2)9-8-10-15(17)3/h8-10,16H,4-7,11-13H2,1-3H3,(H,19,21)/t16-,20?/m0/s1. The molecule has 1 unspecified atom stereocenters. The topological polar surface area (TPSA) is 52.2 Å². The molecule has 0 saturated carbocycles. The summed E-state index contributed by atoms with van der Waals surface area (Å²) >= 11 is 0. The van der Waals surface area contributed by atoms with Crippen LogP contribution in [0.5, 0.6) is 0 Å². The quantitative estimate of drug-likeness (QED) is 0.662. The second-order valence-corrected chi connectivity index (χ2v) is 6.52. The minimum absolute atomic E-state index is 0.108. The fraction of sp³-hybridized carbons (Fsp3) is 0.611. The van der Waals surface area contributed by atoms with Crippen LogP contribution >= 0.6 is 0 Å². The molecule has 1 heterocycles. The number of nitrogens with one attached hydrogen (secondary N) is 1. The number of unbranched alkanes of at least 4 members (excludes halogenated alkanes) is 1. The van der Waals surface area contributed by atoms with E-state index < -0.39 is 6.04 Å². The van der Waals surface area contributed by atoms with Crippen molar-refractivity contribution >= 4 is 11.6 Å². The summed E-state index contributed by atoms with van der Waals surface area (Å²) < 4.78 is -0.343. The van der Waals surface area contributed by atoms with Crippen LogP contribution in [0.3, 0.4) is 0 Å². The molecule has 1 aliphatic rings. The van der Waals surface area contributed by atoms with E-state index in [9.17, 15) is 10.0 Å². The van der Waals surface area contributed by atoms with E-state index in [0.29, 0.717) is 19.5 Å². The summed E-state index contributed by atoms with van der Waals surface area (Å²) in [5.41, 5.74) is 2.95. The number of rotatable bonds is 5. The number of nitrogens with zero attached hydrogens (tertiary/aromatic N) is 1. The van der Waals surface area contributed by atoms with Crippen LogP contribution in [-0.2, 0) is 4.79 Å². The Kier molecular flexibility index (Phi) is 5.59. The van der Waals surface area contributed by atoms with Gasteiger partial charge in [-0.1, -0.05) is 31.5 Å². The van der Waals surface area contributed by atoms with Gasteiger partial charge in [-0.15, -0.1) is 0 Å². The number of carbonyl (C=O) groups excluding carboxylic acids is 1. The summed E-state index contributed by atoms with van der Waals surface area (Å²) in [7, 11) is 0. The number of carbonyl (C=O) groups is 1. The average molecular weight is 304 g/mol. The fourth-order valence-corrected chi connectivity index (χ4v) is 3.36. The fourth-order valence-electron chi connectivity index (χ4n) is 3.36. The van der Waals surface area contributed by atoms with Crippen molar-refractivity contribution in [1.82, 2.24) is 0 Å². The number of likely N-dealkylation sites (tertiary alicyclic amines) is 1. The van der Waals surface area contributed by atoms with Gasteiger partial charge in [0.15, 0.2) is 6.04 Å². The van der Waals surface area contributed by atoms with Crippen molar-refractivity contribution in [1.29, 1.82) is 0 Å². The highest BCUT2D eigenvalue weighted by molar-refractivity contribution is 5.95. The highest BCUT2D eigenvalue weighted by Crippen LogP contribution is 2.28. The van der Waals surface area contributed by atoms with Crippen molar-refractivity contribution in [3.63, 3.8) is 0 Å². The van der Waals surface area contributed by atoms with Crippen molar-refractivity contribution < 1.29 is 9.44 Å². The van der Waals surface area contributed by atoms with E-state index in [-0.39, 0.29) is 10.6 Å². The molecule has 1 amide bonds. The molecule has 1 aromatic rings. The molecule has 1 aromatic carbocycles. The average Bonchev–Trinajstić information content (AvgIpc) is 2.49. The first-order valence-electron chi connectivity index (χ1n) is 8.43. The maximum Gasteiger partial charge on any atom is 0.283 e. The van der Waals surface area contributed by atoms with Crippen LogP contribution in [0.25, 0.3) is 0 Å². The molecule has 4 heteroatoms. The molecule has 4 nitrogen and oxygen atoms in total. The summed E-state index contributed by atoms with van der Waals surface area (Å²) in [5.74, 6) is -0.108. The number of hydroxylamine groups is 3. The number of quaternary nitrogens is 1. The predicted octanol–water partition coefficient (Wildman–Crippen LogP) is 3.91. The maximum absolute atomic E-state index is 13.1. The Labute approximate surface area is 133 Å². The van der Waals surface area contributed by atoms with Crippen LogP contribution in [-0.4, -0.2) is 29.7 Å². The van der Waals surface area contributed by atoms with E-state index in [1.165, 1.54) is 0 Å². The van der Waals surface area contributed by atoms with Gasteiger partial charge >= 0.3 is 0 Å². The predicted molar refractivity (Wildman–Crippen MR) is 90.5 cm³/mol. The summed E-state index contributed by atoms with van der Waals surface area (Å²) in [4.78, 5) is 12.7. The number of para-hydroxylation sites is 1. The monoisotopic (exact) mass is 304 g/mol. The largest absolute Gasteiger partial charge is 0.632 e. The van der Waals surface area contributed by atoms with Gasteiger partial charge < -0.3 is 15.2 Å². The Balaban J connectivity index is 2.15. The summed E-state index contributed by atoms with van der Waals surface area (Å²) in [5, 5.41) is 16.1. The summed E-state index contributed by atoms with van der Waals surface area (Å²) in [6, 6.07) is 5.50. The molecular formula is C18H28N2O2. The van der Waals surface area contributed by atoms with Gasteiger partial charge in [-0.2, -0.15) is 0 Å². The number of anilines is 1. The Morgan fingerprint density at radius 2 is 2.00 bits per heavy atom. The normalized spacial score (nSPS) is 25.0. The van der Waals surface area contributed by atoms with Gasteiger partial charge in [0.05, 0.1) is 13.1 Å². The Hall–Kier alpha value is -1.39. The first kappa shape index (κ1) is 17.0. The number of piperidine rings is 1. The van der Waals surface area contributed by atoms with Gasteiger partial charge in [0.2, 0.25) is 0 Å². The number of benzene rings is 1. The van der Waals surface area contributed by atoms with E-state index in [1.807, 2.05) is 32.0 Å². The third-order valence-electron chi connectivity index (χ3n) is 4.75. The first-order chi connectivity index (χ1) is 10.5. The number of aryl methyl sites for hydroxylation is 2. The van der Waals surface area contributed by atoms with Crippen LogP contribution in [0, 0.1) is 19.1 Å². The summed E-state index contributed by atoms with van der Waals surface area (Å²) in [6.45, 7) is 7.19. The van der Waals surface area contributed by atoms with E-state index in [2.05, 4.69) is 12.2 Å². The molecule has 0 radical (unpaired) electrons. The van der Waals surface area contributed by atoms with Crippen molar-refractivity contribution in [3.05, 3.63) is 34.5 Å². The third kappa shape index (κ3) is 3.68. The van der Waals surface area contributed by atoms with Crippen LogP contribution in [0.15, 0.2) is 18.2 Å². The smallest absolute Gasteiger partial charge is 0.283 e. The van der Waals surface area contributed by atoms with Gasteiger partial charge in [0.25, 0.3) is 5.91 Å². The van der Waals surface area contributed by atoms with E-state index in [1.54, 1.807) is 0 Å².